The van der Waals surface area contributed by atoms with Crippen LogP contribution >= 0.6 is 15.9 Å². The molecule has 2 nitrogen and oxygen atoms in total. The van der Waals surface area contributed by atoms with Crippen molar-refractivity contribution in [1.29, 1.82) is 0 Å². The SMILES string of the molecule is Cc1ccc(NC2c3ccccc3OCC2C)cc1Br. The normalized spacial score (nSPS) is 20.9. The Morgan fingerprint density at radius 1 is 1.20 bits per heavy atom. The highest BCUT2D eigenvalue weighted by molar-refractivity contribution is 9.10. The van der Waals surface area contributed by atoms with Gasteiger partial charge in [0.05, 0.1) is 12.6 Å². The summed E-state index contributed by atoms with van der Waals surface area (Å²) in [6.07, 6.45) is 0. The largest absolute Gasteiger partial charge is 0.493 e. The number of halogens is 1. The summed E-state index contributed by atoms with van der Waals surface area (Å²) in [6.45, 7) is 5.07. The van der Waals surface area contributed by atoms with Crippen LogP contribution in [0.1, 0.15) is 24.1 Å². The second-order valence-electron chi connectivity index (χ2n) is 5.41. The van der Waals surface area contributed by atoms with E-state index in [2.05, 4.69) is 65.4 Å². The Morgan fingerprint density at radius 2 is 2.00 bits per heavy atom. The maximum atomic E-state index is 5.80. The van der Waals surface area contributed by atoms with Crippen molar-refractivity contribution < 1.29 is 4.74 Å². The van der Waals surface area contributed by atoms with Crippen molar-refractivity contribution in [3.05, 3.63) is 58.1 Å². The molecule has 2 unspecified atom stereocenters. The molecule has 3 rings (SSSR count). The van der Waals surface area contributed by atoms with E-state index < -0.39 is 0 Å². The van der Waals surface area contributed by atoms with Crippen molar-refractivity contribution in [2.24, 2.45) is 5.92 Å². The lowest BCUT2D eigenvalue weighted by atomic mass is 9.92. The van der Waals surface area contributed by atoms with Gasteiger partial charge in [0.15, 0.2) is 0 Å². The molecule has 0 aromatic heterocycles. The van der Waals surface area contributed by atoms with E-state index in [1.54, 1.807) is 0 Å². The number of benzene rings is 2. The van der Waals surface area contributed by atoms with Gasteiger partial charge in [0.1, 0.15) is 5.75 Å². The van der Waals surface area contributed by atoms with Crippen LogP contribution in [0, 0.1) is 12.8 Å². The monoisotopic (exact) mass is 331 g/mol. The highest BCUT2D eigenvalue weighted by atomic mass is 79.9. The number of aryl methyl sites for hydroxylation is 1. The third-order valence-corrected chi connectivity index (χ3v) is 4.67. The predicted molar refractivity (Wildman–Crippen MR) is 86.3 cm³/mol. The molecule has 1 aliphatic heterocycles. The molecule has 1 heterocycles. The standard InChI is InChI=1S/C17H18BrNO/c1-11-7-8-13(9-15(11)18)19-17-12(2)10-20-16-6-4-3-5-14(16)17/h3-9,12,17,19H,10H2,1-2H3. The van der Waals surface area contributed by atoms with E-state index in [1.807, 2.05) is 12.1 Å². The summed E-state index contributed by atoms with van der Waals surface area (Å²) >= 11 is 3.59. The molecule has 2 aromatic carbocycles. The summed E-state index contributed by atoms with van der Waals surface area (Å²) in [4.78, 5) is 0. The van der Waals surface area contributed by atoms with Crippen LogP contribution in [0.5, 0.6) is 5.75 Å². The quantitative estimate of drug-likeness (QED) is 0.841. The smallest absolute Gasteiger partial charge is 0.124 e. The highest BCUT2D eigenvalue weighted by Crippen LogP contribution is 2.37. The van der Waals surface area contributed by atoms with E-state index in [4.69, 9.17) is 4.74 Å². The molecule has 104 valence electrons. The van der Waals surface area contributed by atoms with Crippen LogP contribution in [0.25, 0.3) is 0 Å². The fraction of sp³-hybridized carbons (Fsp3) is 0.294. The average Bonchev–Trinajstić information content (AvgIpc) is 2.46. The number of fused-ring (bicyclic) bond motifs is 1. The minimum atomic E-state index is 0.287. The second-order valence-corrected chi connectivity index (χ2v) is 6.27. The number of hydrogen-bond acceptors (Lipinski definition) is 2. The Kier molecular flexibility index (Phi) is 3.70. The van der Waals surface area contributed by atoms with E-state index in [0.717, 1.165) is 22.5 Å². The third-order valence-electron chi connectivity index (χ3n) is 3.82. The number of rotatable bonds is 2. The topological polar surface area (TPSA) is 21.3 Å². The highest BCUT2D eigenvalue weighted by Gasteiger charge is 2.27. The van der Waals surface area contributed by atoms with Crippen LogP contribution in [0.2, 0.25) is 0 Å². The molecular weight excluding hydrogens is 314 g/mol. The molecule has 1 aliphatic rings. The molecule has 1 N–H and O–H groups in total. The van der Waals surface area contributed by atoms with Gasteiger partial charge >= 0.3 is 0 Å². The van der Waals surface area contributed by atoms with Crippen molar-refractivity contribution >= 4 is 21.6 Å². The van der Waals surface area contributed by atoms with Crippen molar-refractivity contribution in [2.75, 3.05) is 11.9 Å². The Balaban J connectivity index is 1.91. The summed E-state index contributed by atoms with van der Waals surface area (Å²) in [5, 5.41) is 3.64. The minimum absolute atomic E-state index is 0.287. The summed E-state index contributed by atoms with van der Waals surface area (Å²) < 4.78 is 6.93. The molecule has 0 bridgehead atoms. The summed E-state index contributed by atoms with van der Waals surface area (Å²) in [6, 6.07) is 15.0. The van der Waals surface area contributed by atoms with Crippen molar-refractivity contribution in [2.45, 2.75) is 19.9 Å². The molecule has 0 radical (unpaired) electrons. The fourth-order valence-electron chi connectivity index (χ4n) is 2.58. The van der Waals surface area contributed by atoms with Gasteiger partial charge in [0.2, 0.25) is 0 Å². The first-order valence-electron chi connectivity index (χ1n) is 6.89. The van der Waals surface area contributed by atoms with E-state index in [1.165, 1.54) is 11.1 Å². The molecule has 2 atom stereocenters. The maximum absolute atomic E-state index is 5.80. The number of nitrogens with one attached hydrogen (secondary N) is 1. The zero-order valence-corrected chi connectivity index (χ0v) is 13.3. The van der Waals surface area contributed by atoms with Gasteiger partial charge in [-0.05, 0) is 30.7 Å². The Hall–Kier alpha value is -1.48. The molecule has 0 aliphatic carbocycles. The van der Waals surface area contributed by atoms with E-state index in [9.17, 15) is 0 Å². The number of ether oxygens (including phenoxy) is 1. The maximum Gasteiger partial charge on any atom is 0.124 e. The first-order chi connectivity index (χ1) is 9.65. The van der Waals surface area contributed by atoms with Gasteiger partial charge in [-0.15, -0.1) is 0 Å². The molecule has 3 heteroatoms. The average molecular weight is 332 g/mol. The van der Waals surface area contributed by atoms with Crippen molar-refractivity contribution in [3.8, 4) is 5.75 Å². The lowest BCUT2D eigenvalue weighted by molar-refractivity contribution is 0.214. The molecule has 0 amide bonds. The Morgan fingerprint density at radius 3 is 2.80 bits per heavy atom. The zero-order chi connectivity index (χ0) is 14.1. The molecule has 0 saturated carbocycles. The van der Waals surface area contributed by atoms with Gasteiger partial charge in [-0.3, -0.25) is 0 Å². The van der Waals surface area contributed by atoms with E-state index in [-0.39, 0.29) is 6.04 Å². The molecule has 2 aromatic rings. The van der Waals surface area contributed by atoms with Crippen LogP contribution in [0.3, 0.4) is 0 Å². The predicted octanol–water partition coefficient (Wildman–Crippen LogP) is 4.94. The van der Waals surface area contributed by atoms with Gasteiger partial charge in [0.25, 0.3) is 0 Å². The molecule has 0 spiro atoms. The number of hydrogen-bond donors (Lipinski definition) is 1. The van der Waals surface area contributed by atoms with E-state index >= 15 is 0 Å². The lowest BCUT2D eigenvalue weighted by Gasteiger charge is -2.32. The lowest BCUT2D eigenvalue weighted by Crippen LogP contribution is -2.28. The van der Waals surface area contributed by atoms with Crippen LogP contribution in [-0.2, 0) is 0 Å². The summed E-state index contributed by atoms with van der Waals surface area (Å²) in [7, 11) is 0. The van der Waals surface area contributed by atoms with Crippen LogP contribution < -0.4 is 10.1 Å². The van der Waals surface area contributed by atoms with Crippen LogP contribution in [0.15, 0.2) is 46.9 Å². The van der Waals surface area contributed by atoms with E-state index in [0.29, 0.717) is 5.92 Å². The molecule has 0 saturated heterocycles. The molecule has 0 fully saturated rings. The van der Waals surface area contributed by atoms with Gasteiger partial charge in [-0.25, -0.2) is 0 Å². The Labute approximate surface area is 128 Å². The van der Waals surface area contributed by atoms with Gasteiger partial charge in [-0.1, -0.05) is 47.1 Å². The minimum Gasteiger partial charge on any atom is -0.493 e. The molecular formula is C17H18BrNO. The third kappa shape index (κ3) is 2.55. The van der Waals surface area contributed by atoms with Gasteiger partial charge in [-0.2, -0.15) is 0 Å². The van der Waals surface area contributed by atoms with Crippen molar-refractivity contribution in [1.82, 2.24) is 0 Å². The second kappa shape index (κ2) is 5.49. The Bertz CT molecular complexity index is 626. The fourth-order valence-corrected chi connectivity index (χ4v) is 2.95. The van der Waals surface area contributed by atoms with Gasteiger partial charge < -0.3 is 10.1 Å². The van der Waals surface area contributed by atoms with Crippen LogP contribution in [0.4, 0.5) is 5.69 Å². The van der Waals surface area contributed by atoms with Gasteiger partial charge in [0, 0.05) is 21.6 Å². The number of anilines is 1. The zero-order valence-electron chi connectivity index (χ0n) is 11.7. The first-order valence-corrected chi connectivity index (χ1v) is 7.69. The van der Waals surface area contributed by atoms with Crippen LogP contribution in [-0.4, -0.2) is 6.61 Å². The molecule has 20 heavy (non-hydrogen) atoms. The summed E-state index contributed by atoms with van der Waals surface area (Å²) in [5.74, 6) is 1.43. The number of para-hydroxylation sites is 1. The van der Waals surface area contributed by atoms with Crippen molar-refractivity contribution in [3.63, 3.8) is 0 Å². The summed E-state index contributed by atoms with van der Waals surface area (Å²) in [5.41, 5.74) is 3.62. The first kappa shape index (κ1) is 13.5.